The molecule has 0 aliphatic heterocycles. The van der Waals surface area contributed by atoms with Crippen LogP contribution in [0.3, 0.4) is 0 Å². The summed E-state index contributed by atoms with van der Waals surface area (Å²) in [7, 11) is 0. The highest BCUT2D eigenvalue weighted by Gasteiger charge is 2.17. The van der Waals surface area contributed by atoms with Gasteiger partial charge >= 0.3 is 0 Å². The second-order valence-corrected chi connectivity index (χ2v) is 3.35. The molecule has 0 bridgehead atoms. The summed E-state index contributed by atoms with van der Waals surface area (Å²) in [4.78, 5) is 21.6. The molecular weight excluding hydrogens is 176 g/mol. The SMILES string of the molecule is O=Cc1cccc2c1C=CCC2C=O. The van der Waals surface area contributed by atoms with Gasteiger partial charge in [-0.3, -0.25) is 4.79 Å². The Morgan fingerprint density at radius 3 is 2.86 bits per heavy atom. The molecule has 14 heavy (non-hydrogen) atoms. The van der Waals surface area contributed by atoms with Crippen LogP contribution in [0.5, 0.6) is 0 Å². The summed E-state index contributed by atoms with van der Waals surface area (Å²) >= 11 is 0. The highest BCUT2D eigenvalue weighted by Crippen LogP contribution is 2.29. The van der Waals surface area contributed by atoms with Crippen LogP contribution in [0.25, 0.3) is 6.08 Å². The third-order valence-corrected chi connectivity index (χ3v) is 2.54. The Kier molecular flexibility index (Phi) is 2.27. The van der Waals surface area contributed by atoms with Crippen molar-refractivity contribution in [1.82, 2.24) is 0 Å². The number of carbonyl (C=O) groups excluding carboxylic acids is 2. The van der Waals surface area contributed by atoms with Crippen LogP contribution in [0, 0.1) is 0 Å². The molecule has 0 spiro atoms. The molecule has 0 radical (unpaired) electrons. The topological polar surface area (TPSA) is 34.1 Å². The molecule has 1 atom stereocenters. The summed E-state index contributed by atoms with van der Waals surface area (Å²) < 4.78 is 0. The highest BCUT2D eigenvalue weighted by atomic mass is 16.1. The molecular formula is C12H10O2. The van der Waals surface area contributed by atoms with Crippen LogP contribution in [0.1, 0.15) is 33.8 Å². The molecule has 2 heteroatoms. The first-order valence-corrected chi connectivity index (χ1v) is 4.56. The Labute approximate surface area is 82.2 Å². The van der Waals surface area contributed by atoms with Crippen LogP contribution in [0.15, 0.2) is 24.3 Å². The van der Waals surface area contributed by atoms with E-state index in [4.69, 9.17) is 0 Å². The fourth-order valence-corrected chi connectivity index (χ4v) is 1.81. The van der Waals surface area contributed by atoms with Gasteiger partial charge in [0.15, 0.2) is 6.29 Å². The van der Waals surface area contributed by atoms with Crippen molar-refractivity contribution in [3.8, 4) is 0 Å². The van der Waals surface area contributed by atoms with Crippen molar-refractivity contribution >= 4 is 18.6 Å². The lowest BCUT2D eigenvalue weighted by Crippen LogP contribution is -2.06. The second kappa shape index (κ2) is 3.58. The van der Waals surface area contributed by atoms with Gasteiger partial charge in [-0.25, -0.2) is 0 Å². The van der Waals surface area contributed by atoms with E-state index in [0.717, 1.165) is 30.1 Å². The van der Waals surface area contributed by atoms with Crippen molar-refractivity contribution in [2.45, 2.75) is 12.3 Å². The van der Waals surface area contributed by atoms with Gasteiger partial charge < -0.3 is 4.79 Å². The molecule has 2 nitrogen and oxygen atoms in total. The molecule has 0 heterocycles. The molecule has 0 fully saturated rings. The van der Waals surface area contributed by atoms with Crippen molar-refractivity contribution in [1.29, 1.82) is 0 Å². The van der Waals surface area contributed by atoms with E-state index in [1.807, 2.05) is 24.3 Å². The molecule has 0 saturated heterocycles. The van der Waals surface area contributed by atoms with E-state index >= 15 is 0 Å². The molecule has 1 aliphatic carbocycles. The number of carbonyl (C=O) groups is 2. The molecule has 0 saturated carbocycles. The van der Waals surface area contributed by atoms with Gasteiger partial charge in [-0.2, -0.15) is 0 Å². The van der Waals surface area contributed by atoms with Crippen LogP contribution in [-0.4, -0.2) is 12.6 Å². The summed E-state index contributed by atoms with van der Waals surface area (Å²) in [6.07, 6.45) is 6.36. The van der Waals surface area contributed by atoms with Gasteiger partial charge in [0.2, 0.25) is 0 Å². The first kappa shape index (κ1) is 8.88. The van der Waals surface area contributed by atoms with Crippen molar-refractivity contribution in [3.63, 3.8) is 0 Å². The van der Waals surface area contributed by atoms with Crippen LogP contribution in [0.2, 0.25) is 0 Å². The Bertz CT molecular complexity index is 405. The number of allylic oxidation sites excluding steroid dienone is 1. The van der Waals surface area contributed by atoms with E-state index in [9.17, 15) is 9.59 Å². The Morgan fingerprint density at radius 2 is 2.14 bits per heavy atom. The fraction of sp³-hybridized carbons (Fsp3) is 0.167. The average Bonchev–Trinajstić information content (AvgIpc) is 2.27. The van der Waals surface area contributed by atoms with E-state index in [0.29, 0.717) is 5.56 Å². The predicted octanol–water partition coefficient (Wildman–Crippen LogP) is 2.20. The lowest BCUT2D eigenvalue weighted by atomic mass is 9.86. The molecule has 2 rings (SSSR count). The zero-order chi connectivity index (χ0) is 9.97. The Morgan fingerprint density at radius 1 is 1.29 bits per heavy atom. The van der Waals surface area contributed by atoms with Crippen molar-refractivity contribution in [3.05, 3.63) is 41.0 Å². The largest absolute Gasteiger partial charge is 0.303 e. The quantitative estimate of drug-likeness (QED) is 0.663. The summed E-state index contributed by atoms with van der Waals surface area (Å²) in [5.74, 6) is -0.0881. The minimum atomic E-state index is -0.0881. The van der Waals surface area contributed by atoms with Gasteiger partial charge in [0.1, 0.15) is 6.29 Å². The third-order valence-electron chi connectivity index (χ3n) is 2.54. The fourth-order valence-electron chi connectivity index (χ4n) is 1.81. The smallest absolute Gasteiger partial charge is 0.150 e. The monoisotopic (exact) mass is 186 g/mol. The minimum Gasteiger partial charge on any atom is -0.303 e. The Hall–Kier alpha value is -1.70. The first-order valence-electron chi connectivity index (χ1n) is 4.56. The molecule has 0 N–H and O–H groups in total. The summed E-state index contributed by atoms with van der Waals surface area (Å²) in [6.45, 7) is 0. The van der Waals surface area contributed by atoms with Crippen LogP contribution in [0.4, 0.5) is 0 Å². The van der Waals surface area contributed by atoms with E-state index < -0.39 is 0 Å². The summed E-state index contributed by atoms with van der Waals surface area (Å²) in [5, 5.41) is 0. The summed E-state index contributed by atoms with van der Waals surface area (Å²) in [5.41, 5.74) is 2.52. The predicted molar refractivity (Wildman–Crippen MR) is 54.3 cm³/mol. The molecule has 1 unspecified atom stereocenters. The lowest BCUT2D eigenvalue weighted by molar-refractivity contribution is -0.109. The van der Waals surface area contributed by atoms with Gasteiger partial charge in [0.05, 0.1) is 0 Å². The van der Waals surface area contributed by atoms with Gasteiger partial charge in [-0.05, 0) is 17.5 Å². The number of hydrogen-bond donors (Lipinski definition) is 0. The number of aldehydes is 2. The lowest BCUT2D eigenvalue weighted by Gasteiger charge is -2.17. The van der Waals surface area contributed by atoms with Gasteiger partial charge in [-0.15, -0.1) is 0 Å². The number of rotatable bonds is 2. The normalized spacial score (nSPS) is 18.7. The van der Waals surface area contributed by atoms with Crippen molar-refractivity contribution in [2.75, 3.05) is 0 Å². The molecule has 1 aliphatic rings. The Balaban J connectivity index is 2.61. The van der Waals surface area contributed by atoms with E-state index in [2.05, 4.69) is 0 Å². The standard InChI is InChI=1S/C12H10O2/c13-7-9-3-1-5-11-10(8-14)4-2-6-12(9)11/h1-3,5-8,10H,4H2. The average molecular weight is 186 g/mol. The van der Waals surface area contributed by atoms with Gasteiger partial charge in [-0.1, -0.05) is 30.4 Å². The van der Waals surface area contributed by atoms with E-state index in [-0.39, 0.29) is 5.92 Å². The summed E-state index contributed by atoms with van der Waals surface area (Å²) in [6, 6.07) is 5.49. The third kappa shape index (κ3) is 1.29. The zero-order valence-corrected chi connectivity index (χ0v) is 7.64. The van der Waals surface area contributed by atoms with Crippen LogP contribution >= 0.6 is 0 Å². The highest BCUT2D eigenvalue weighted by molar-refractivity contribution is 5.85. The van der Waals surface area contributed by atoms with Crippen molar-refractivity contribution < 1.29 is 9.59 Å². The molecule has 0 amide bonds. The molecule has 1 aromatic rings. The maximum atomic E-state index is 10.8. The van der Waals surface area contributed by atoms with E-state index in [1.165, 1.54) is 0 Å². The van der Waals surface area contributed by atoms with Crippen molar-refractivity contribution in [2.24, 2.45) is 0 Å². The zero-order valence-electron chi connectivity index (χ0n) is 7.64. The van der Waals surface area contributed by atoms with E-state index in [1.54, 1.807) is 6.07 Å². The van der Waals surface area contributed by atoms with Crippen LogP contribution < -0.4 is 0 Å². The van der Waals surface area contributed by atoms with Gasteiger partial charge in [0.25, 0.3) is 0 Å². The maximum Gasteiger partial charge on any atom is 0.150 e. The minimum absolute atomic E-state index is 0.0881. The molecule has 0 aromatic heterocycles. The first-order chi connectivity index (χ1) is 6.86. The number of benzene rings is 1. The molecule has 70 valence electrons. The van der Waals surface area contributed by atoms with Crippen LogP contribution in [-0.2, 0) is 4.79 Å². The maximum absolute atomic E-state index is 10.8. The number of hydrogen-bond acceptors (Lipinski definition) is 2. The van der Waals surface area contributed by atoms with Gasteiger partial charge in [0, 0.05) is 11.5 Å². The number of fused-ring (bicyclic) bond motifs is 1. The molecule has 1 aromatic carbocycles. The second-order valence-electron chi connectivity index (χ2n) is 3.35.